The first-order chi connectivity index (χ1) is 8.45. The van der Waals surface area contributed by atoms with E-state index in [1.54, 1.807) is 6.92 Å². The summed E-state index contributed by atoms with van der Waals surface area (Å²) in [7, 11) is -1.96. The van der Waals surface area contributed by atoms with Gasteiger partial charge in [0, 0.05) is 26.7 Å². The van der Waals surface area contributed by atoms with Gasteiger partial charge < -0.3 is 5.11 Å². The van der Waals surface area contributed by atoms with E-state index in [4.69, 9.17) is 5.11 Å². The summed E-state index contributed by atoms with van der Waals surface area (Å²) in [4.78, 5) is 0. The lowest BCUT2D eigenvalue weighted by atomic mass is 10.2. The molecule has 0 radical (unpaired) electrons. The zero-order chi connectivity index (χ0) is 13.6. The van der Waals surface area contributed by atoms with E-state index in [0.717, 1.165) is 5.56 Å². The van der Waals surface area contributed by atoms with Crippen LogP contribution in [-0.4, -0.2) is 38.0 Å². The molecule has 102 valence electrons. The van der Waals surface area contributed by atoms with Crippen molar-refractivity contribution in [3.05, 3.63) is 35.9 Å². The fourth-order valence-corrected chi connectivity index (χ4v) is 2.38. The van der Waals surface area contributed by atoms with Gasteiger partial charge in [-0.05, 0) is 11.5 Å². The predicted octanol–water partition coefficient (Wildman–Crippen LogP) is 0.581. The molecule has 1 rings (SSSR count). The Hall–Kier alpha value is -0.950. The number of aliphatic hydroxyl groups excluding tert-OH is 1. The molecule has 1 atom stereocenters. The van der Waals surface area contributed by atoms with E-state index in [1.165, 1.54) is 11.4 Å². The minimum Gasteiger partial charge on any atom is -0.396 e. The van der Waals surface area contributed by atoms with Crippen LogP contribution in [0.1, 0.15) is 12.5 Å². The zero-order valence-electron chi connectivity index (χ0n) is 10.7. The van der Waals surface area contributed by atoms with E-state index >= 15 is 0 Å². The molecule has 6 heteroatoms. The van der Waals surface area contributed by atoms with Crippen LogP contribution in [0.15, 0.2) is 30.3 Å². The lowest BCUT2D eigenvalue weighted by Crippen LogP contribution is -2.40. The van der Waals surface area contributed by atoms with Gasteiger partial charge in [0.1, 0.15) is 0 Å². The summed E-state index contributed by atoms with van der Waals surface area (Å²) in [6, 6.07) is 9.39. The first kappa shape index (κ1) is 15.1. The topological polar surface area (TPSA) is 69.6 Å². The average Bonchev–Trinajstić information content (AvgIpc) is 2.37. The van der Waals surface area contributed by atoms with Crippen LogP contribution >= 0.6 is 0 Å². The Balaban J connectivity index is 2.57. The second-order valence-electron chi connectivity index (χ2n) is 4.38. The van der Waals surface area contributed by atoms with Gasteiger partial charge in [-0.15, -0.1) is 0 Å². The quantitative estimate of drug-likeness (QED) is 0.763. The molecule has 0 saturated heterocycles. The van der Waals surface area contributed by atoms with Crippen LogP contribution in [0.3, 0.4) is 0 Å². The Kier molecular flexibility index (Phi) is 5.74. The molecule has 1 unspecified atom stereocenters. The summed E-state index contributed by atoms with van der Waals surface area (Å²) in [5, 5.41) is 8.86. The van der Waals surface area contributed by atoms with Crippen LogP contribution in [0.4, 0.5) is 0 Å². The number of rotatable bonds is 7. The molecule has 0 aromatic heterocycles. The van der Waals surface area contributed by atoms with Crippen molar-refractivity contribution < 1.29 is 13.5 Å². The minimum atomic E-state index is -3.49. The van der Waals surface area contributed by atoms with Gasteiger partial charge in [0.2, 0.25) is 0 Å². The van der Waals surface area contributed by atoms with Gasteiger partial charge in [-0.25, -0.2) is 4.72 Å². The summed E-state index contributed by atoms with van der Waals surface area (Å²) in [6.45, 7) is 2.30. The van der Waals surface area contributed by atoms with Crippen molar-refractivity contribution in [1.29, 1.82) is 0 Å². The monoisotopic (exact) mass is 272 g/mol. The molecular formula is C12H20N2O3S. The van der Waals surface area contributed by atoms with Crippen molar-refractivity contribution in [2.24, 2.45) is 5.92 Å². The third-order valence-electron chi connectivity index (χ3n) is 2.58. The van der Waals surface area contributed by atoms with E-state index in [-0.39, 0.29) is 19.1 Å². The van der Waals surface area contributed by atoms with E-state index < -0.39 is 10.2 Å². The summed E-state index contributed by atoms with van der Waals surface area (Å²) in [5.41, 5.74) is 0.931. The van der Waals surface area contributed by atoms with Crippen molar-refractivity contribution in [3.63, 3.8) is 0 Å². The second-order valence-corrected chi connectivity index (χ2v) is 6.25. The summed E-state index contributed by atoms with van der Waals surface area (Å²) in [6.07, 6.45) is 0. The number of nitrogens with one attached hydrogen (secondary N) is 1. The first-order valence-electron chi connectivity index (χ1n) is 5.81. The lowest BCUT2D eigenvalue weighted by molar-refractivity contribution is 0.238. The van der Waals surface area contributed by atoms with Crippen LogP contribution in [-0.2, 0) is 16.8 Å². The lowest BCUT2D eigenvalue weighted by Gasteiger charge is -2.19. The van der Waals surface area contributed by atoms with Crippen molar-refractivity contribution in [3.8, 4) is 0 Å². The third-order valence-corrected chi connectivity index (χ3v) is 4.07. The summed E-state index contributed by atoms with van der Waals surface area (Å²) < 4.78 is 27.5. The maximum Gasteiger partial charge on any atom is 0.279 e. The van der Waals surface area contributed by atoms with Crippen LogP contribution in [0.5, 0.6) is 0 Å². The molecule has 5 nitrogen and oxygen atoms in total. The van der Waals surface area contributed by atoms with Crippen molar-refractivity contribution in [2.75, 3.05) is 20.2 Å². The summed E-state index contributed by atoms with van der Waals surface area (Å²) in [5.74, 6) is -0.0927. The van der Waals surface area contributed by atoms with Crippen molar-refractivity contribution >= 4 is 10.2 Å². The number of hydrogen-bond acceptors (Lipinski definition) is 3. The highest BCUT2D eigenvalue weighted by Crippen LogP contribution is 2.06. The molecule has 1 aromatic rings. The molecule has 0 saturated carbocycles. The van der Waals surface area contributed by atoms with Crippen molar-refractivity contribution in [2.45, 2.75) is 13.5 Å². The molecule has 1 aromatic carbocycles. The zero-order valence-corrected chi connectivity index (χ0v) is 11.5. The Morgan fingerprint density at radius 3 is 2.50 bits per heavy atom. The molecule has 0 aliphatic heterocycles. The third kappa shape index (κ3) is 4.73. The SMILES string of the molecule is CC(CO)CNS(=O)(=O)N(C)Cc1ccccc1. The Morgan fingerprint density at radius 2 is 1.94 bits per heavy atom. The van der Waals surface area contributed by atoms with Gasteiger partial charge in [-0.2, -0.15) is 12.7 Å². The Labute approximate surface area is 109 Å². The fraction of sp³-hybridized carbons (Fsp3) is 0.500. The van der Waals surface area contributed by atoms with Gasteiger partial charge in [0.15, 0.2) is 0 Å². The number of benzene rings is 1. The van der Waals surface area contributed by atoms with Gasteiger partial charge in [-0.1, -0.05) is 37.3 Å². The number of nitrogens with zero attached hydrogens (tertiary/aromatic N) is 1. The number of hydrogen-bond donors (Lipinski definition) is 2. The van der Waals surface area contributed by atoms with Gasteiger partial charge >= 0.3 is 0 Å². The number of aliphatic hydroxyl groups is 1. The highest BCUT2D eigenvalue weighted by molar-refractivity contribution is 7.87. The Morgan fingerprint density at radius 1 is 1.33 bits per heavy atom. The molecule has 0 bridgehead atoms. The Bertz CT molecular complexity index is 448. The maximum atomic E-state index is 11.9. The fourth-order valence-electron chi connectivity index (χ4n) is 1.35. The molecule has 0 aliphatic carbocycles. The van der Waals surface area contributed by atoms with E-state index in [1.807, 2.05) is 30.3 Å². The molecular weight excluding hydrogens is 252 g/mol. The van der Waals surface area contributed by atoms with Gasteiger partial charge in [-0.3, -0.25) is 0 Å². The smallest absolute Gasteiger partial charge is 0.279 e. The molecule has 0 aliphatic rings. The normalized spacial score (nSPS) is 13.8. The van der Waals surface area contributed by atoms with Crippen LogP contribution in [0.25, 0.3) is 0 Å². The highest BCUT2D eigenvalue weighted by atomic mass is 32.2. The molecule has 0 amide bonds. The van der Waals surface area contributed by atoms with Crippen molar-refractivity contribution in [1.82, 2.24) is 9.03 Å². The largest absolute Gasteiger partial charge is 0.396 e. The molecule has 18 heavy (non-hydrogen) atoms. The van der Waals surface area contributed by atoms with Crippen LogP contribution in [0, 0.1) is 5.92 Å². The van der Waals surface area contributed by atoms with Gasteiger partial charge in [0.05, 0.1) is 0 Å². The van der Waals surface area contributed by atoms with Crippen LogP contribution in [0.2, 0.25) is 0 Å². The minimum absolute atomic E-state index is 0.0368. The van der Waals surface area contributed by atoms with E-state index in [9.17, 15) is 8.42 Å². The highest BCUT2D eigenvalue weighted by Gasteiger charge is 2.18. The molecule has 2 N–H and O–H groups in total. The first-order valence-corrected chi connectivity index (χ1v) is 7.25. The average molecular weight is 272 g/mol. The molecule has 0 fully saturated rings. The summed E-state index contributed by atoms with van der Waals surface area (Å²) >= 11 is 0. The predicted molar refractivity (Wildman–Crippen MR) is 71.1 cm³/mol. The second kappa shape index (κ2) is 6.84. The molecule has 0 heterocycles. The van der Waals surface area contributed by atoms with E-state index in [0.29, 0.717) is 6.54 Å². The van der Waals surface area contributed by atoms with E-state index in [2.05, 4.69) is 4.72 Å². The van der Waals surface area contributed by atoms with Gasteiger partial charge in [0.25, 0.3) is 10.2 Å². The van der Waals surface area contributed by atoms with Crippen LogP contribution < -0.4 is 4.72 Å². The maximum absolute atomic E-state index is 11.9. The molecule has 0 spiro atoms. The standard InChI is InChI=1S/C12H20N2O3S/c1-11(10-15)8-13-18(16,17)14(2)9-12-6-4-3-5-7-12/h3-7,11,13,15H,8-10H2,1-2H3.